The first-order valence-corrected chi connectivity index (χ1v) is 8.88. The van der Waals surface area contributed by atoms with E-state index in [4.69, 9.17) is 9.47 Å². The molecule has 0 aromatic heterocycles. The van der Waals surface area contributed by atoms with Gasteiger partial charge in [0, 0.05) is 12.2 Å². The number of hydrogen-bond donors (Lipinski definition) is 1. The Balaban J connectivity index is 1.56. The summed E-state index contributed by atoms with van der Waals surface area (Å²) in [7, 11) is 1.61. The third-order valence-electron chi connectivity index (χ3n) is 4.33. The van der Waals surface area contributed by atoms with Crippen LogP contribution >= 0.6 is 0 Å². The fraction of sp³-hybridized carbons (Fsp3) is 0.227. The SMILES string of the molecule is COc1ccc(N(CCCOc2ccc3ccccc3c2)CC(=O)O)cc1. The molecular formula is C22H23NO4. The van der Waals surface area contributed by atoms with E-state index in [1.807, 2.05) is 59.5 Å². The van der Waals surface area contributed by atoms with Gasteiger partial charge in [0.05, 0.1) is 13.7 Å². The smallest absolute Gasteiger partial charge is 0.323 e. The van der Waals surface area contributed by atoms with E-state index in [1.54, 1.807) is 7.11 Å². The predicted molar refractivity (Wildman–Crippen MR) is 107 cm³/mol. The lowest BCUT2D eigenvalue weighted by atomic mass is 10.1. The molecule has 5 heteroatoms. The second kappa shape index (κ2) is 8.94. The molecule has 0 saturated heterocycles. The van der Waals surface area contributed by atoms with Crippen LogP contribution < -0.4 is 14.4 Å². The van der Waals surface area contributed by atoms with Crippen molar-refractivity contribution in [3.05, 3.63) is 66.7 Å². The number of carboxylic acids is 1. The standard InChI is InChI=1S/C22H23NO4/c1-26-20-11-8-19(9-12-20)23(16-22(24)25)13-4-14-27-21-10-7-17-5-2-3-6-18(17)15-21/h2-3,5-12,15H,4,13-14,16H2,1H3,(H,24,25). The van der Waals surface area contributed by atoms with Crippen LogP contribution in [0.1, 0.15) is 6.42 Å². The van der Waals surface area contributed by atoms with Gasteiger partial charge < -0.3 is 19.5 Å². The molecule has 0 aliphatic carbocycles. The minimum atomic E-state index is -0.860. The van der Waals surface area contributed by atoms with Crippen LogP contribution in [0.2, 0.25) is 0 Å². The highest BCUT2D eigenvalue weighted by molar-refractivity contribution is 5.83. The Labute approximate surface area is 158 Å². The molecule has 0 saturated carbocycles. The highest BCUT2D eigenvalue weighted by Crippen LogP contribution is 2.21. The second-order valence-electron chi connectivity index (χ2n) is 6.22. The summed E-state index contributed by atoms with van der Waals surface area (Å²) in [5.41, 5.74) is 0.851. The summed E-state index contributed by atoms with van der Waals surface area (Å²) in [6, 6.07) is 21.6. The van der Waals surface area contributed by atoms with Gasteiger partial charge >= 0.3 is 5.97 Å². The molecule has 5 nitrogen and oxygen atoms in total. The third kappa shape index (κ3) is 5.14. The van der Waals surface area contributed by atoms with E-state index in [-0.39, 0.29) is 6.54 Å². The first kappa shape index (κ1) is 18.6. The van der Waals surface area contributed by atoms with Gasteiger partial charge in [0.2, 0.25) is 0 Å². The molecule has 0 heterocycles. The second-order valence-corrected chi connectivity index (χ2v) is 6.22. The lowest BCUT2D eigenvalue weighted by Crippen LogP contribution is -2.31. The summed E-state index contributed by atoms with van der Waals surface area (Å²) < 4.78 is 11.0. The van der Waals surface area contributed by atoms with Crippen molar-refractivity contribution in [2.45, 2.75) is 6.42 Å². The van der Waals surface area contributed by atoms with E-state index in [0.29, 0.717) is 19.6 Å². The van der Waals surface area contributed by atoms with Crippen molar-refractivity contribution in [1.82, 2.24) is 0 Å². The number of benzene rings is 3. The first-order valence-electron chi connectivity index (χ1n) is 8.88. The molecule has 0 fully saturated rings. The zero-order valence-corrected chi connectivity index (χ0v) is 15.3. The Hall–Kier alpha value is -3.21. The van der Waals surface area contributed by atoms with Crippen LogP contribution in [-0.4, -0.2) is 37.9 Å². The number of hydrogen-bond acceptors (Lipinski definition) is 4. The number of carbonyl (C=O) groups is 1. The molecule has 1 N–H and O–H groups in total. The highest BCUT2D eigenvalue weighted by atomic mass is 16.5. The van der Waals surface area contributed by atoms with Crippen molar-refractivity contribution in [1.29, 1.82) is 0 Å². The predicted octanol–water partition coefficient (Wildman–Crippen LogP) is 4.21. The number of ether oxygens (including phenoxy) is 2. The average molecular weight is 365 g/mol. The number of nitrogens with zero attached hydrogens (tertiary/aromatic N) is 1. The van der Waals surface area contributed by atoms with Gasteiger partial charge in [-0.15, -0.1) is 0 Å². The molecular weight excluding hydrogens is 342 g/mol. The van der Waals surface area contributed by atoms with Gasteiger partial charge in [0.1, 0.15) is 18.0 Å². The van der Waals surface area contributed by atoms with Crippen molar-refractivity contribution < 1.29 is 19.4 Å². The summed E-state index contributed by atoms with van der Waals surface area (Å²) >= 11 is 0. The van der Waals surface area contributed by atoms with Crippen LogP contribution in [0.5, 0.6) is 11.5 Å². The summed E-state index contributed by atoms with van der Waals surface area (Å²) in [6.07, 6.45) is 0.714. The molecule has 3 rings (SSSR count). The Morgan fingerprint density at radius 1 is 0.963 bits per heavy atom. The minimum absolute atomic E-state index is 0.0533. The van der Waals surface area contributed by atoms with Gasteiger partial charge in [0.25, 0.3) is 0 Å². The summed E-state index contributed by atoms with van der Waals surface area (Å²) in [5.74, 6) is 0.706. The van der Waals surface area contributed by atoms with Gasteiger partial charge in [-0.05, 0) is 53.6 Å². The van der Waals surface area contributed by atoms with Gasteiger partial charge in [-0.1, -0.05) is 30.3 Å². The summed E-state index contributed by atoms with van der Waals surface area (Å²) in [4.78, 5) is 13.0. The molecule has 0 radical (unpaired) electrons. The highest BCUT2D eigenvalue weighted by Gasteiger charge is 2.11. The quantitative estimate of drug-likeness (QED) is 0.576. The zero-order valence-electron chi connectivity index (χ0n) is 15.3. The van der Waals surface area contributed by atoms with Gasteiger partial charge in [-0.3, -0.25) is 4.79 Å². The number of rotatable bonds is 9. The lowest BCUT2D eigenvalue weighted by Gasteiger charge is -2.23. The molecule has 0 amide bonds. The maximum Gasteiger partial charge on any atom is 0.323 e. The van der Waals surface area contributed by atoms with Crippen molar-refractivity contribution in [3.8, 4) is 11.5 Å². The number of anilines is 1. The van der Waals surface area contributed by atoms with Crippen LogP contribution in [0.15, 0.2) is 66.7 Å². The van der Waals surface area contributed by atoms with E-state index >= 15 is 0 Å². The van der Waals surface area contributed by atoms with E-state index < -0.39 is 5.97 Å². The molecule has 0 atom stereocenters. The van der Waals surface area contributed by atoms with E-state index in [2.05, 4.69) is 12.1 Å². The van der Waals surface area contributed by atoms with Crippen molar-refractivity contribution in [3.63, 3.8) is 0 Å². The molecule has 0 aliphatic heterocycles. The van der Waals surface area contributed by atoms with E-state index in [9.17, 15) is 9.90 Å². The van der Waals surface area contributed by atoms with Crippen LogP contribution in [-0.2, 0) is 4.79 Å². The average Bonchev–Trinajstić information content (AvgIpc) is 2.70. The van der Waals surface area contributed by atoms with Gasteiger partial charge in [0.15, 0.2) is 0 Å². The molecule has 27 heavy (non-hydrogen) atoms. The normalized spacial score (nSPS) is 10.6. The number of aliphatic carboxylic acids is 1. The van der Waals surface area contributed by atoms with Gasteiger partial charge in [-0.25, -0.2) is 0 Å². The summed E-state index contributed by atoms with van der Waals surface area (Å²) in [5, 5.41) is 11.5. The van der Waals surface area contributed by atoms with Crippen LogP contribution in [0.4, 0.5) is 5.69 Å². The topological polar surface area (TPSA) is 59.0 Å². The minimum Gasteiger partial charge on any atom is -0.497 e. The van der Waals surface area contributed by atoms with E-state index in [0.717, 1.165) is 22.6 Å². The Morgan fingerprint density at radius 2 is 1.67 bits per heavy atom. The Kier molecular flexibility index (Phi) is 6.15. The Morgan fingerprint density at radius 3 is 2.37 bits per heavy atom. The number of carboxylic acid groups (broad SMARTS) is 1. The largest absolute Gasteiger partial charge is 0.497 e. The van der Waals surface area contributed by atoms with E-state index in [1.165, 1.54) is 5.39 Å². The first-order chi connectivity index (χ1) is 13.2. The van der Waals surface area contributed by atoms with Crippen molar-refractivity contribution in [2.75, 3.05) is 31.7 Å². The summed E-state index contributed by atoms with van der Waals surface area (Å²) in [6.45, 7) is 1.05. The van der Waals surface area contributed by atoms with Crippen LogP contribution in [0, 0.1) is 0 Å². The number of fused-ring (bicyclic) bond motifs is 1. The Bertz CT molecular complexity index is 892. The van der Waals surface area contributed by atoms with Crippen molar-refractivity contribution >= 4 is 22.4 Å². The fourth-order valence-electron chi connectivity index (χ4n) is 2.96. The van der Waals surface area contributed by atoms with Crippen LogP contribution in [0.3, 0.4) is 0 Å². The molecule has 3 aromatic rings. The monoisotopic (exact) mass is 365 g/mol. The van der Waals surface area contributed by atoms with Gasteiger partial charge in [-0.2, -0.15) is 0 Å². The maximum absolute atomic E-state index is 11.2. The third-order valence-corrected chi connectivity index (χ3v) is 4.33. The van der Waals surface area contributed by atoms with Crippen LogP contribution in [0.25, 0.3) is 10.8 Å². The molecule has 0 aliphatic rings. The molecule has 140 valence electrons. The molecule has 0 unspecified atom stereocenters. The number of methoxy groups -OCH3 is 1. The molecule has 0 bridgehead atoms. The van der Waals surface area contributed by atoms with Crippen molar-refractivity contribution in [2.24, 2.45) is 0 Å². The maximum atomic E-state index is 11.2. The fourth-order valence-corrected chi connectivity index (χ4v) is 2.96. The zero-order chi connectivity index (χ0) is 19.1. The molecule has 3 aromatic carbocycles. The lowest BCUT2D eigenvalue weighted by molar-refractivity contribution is -0.135. The molecule has 0 spiro atoms.